The van der Waals surface area contributed by atoms with Crippen molar-refractivity contribution in [3.05, 3.63) is 29.7 Å². The number of aromatic nitrogens is 2. The maximum Gasteiger partial charge on any atom is 0.229 e. The van der Waals surface area contributed by atoms with Crippen LogP contribution in [0, 0.1) is 0 Å². The van der Waals surface area contributed by atoms with Gasteiger partial charge in [0.2, 0.25) is 11.7 Å². The summed E-state index contributed by atoms with van der Waals surface area (Å²) in [5, 5.41) is 14.5. The van der Waals surface area contributed by atoms with Gasteiger partial charge in [-0.25, -0.2) is 0 Å². The van der Waals surface area contributed by atoms with E-state index in [9.17, 15) is 5.11 Å². The monoisotopic (exact) mass is 286 g/mol. The van der Waals surface area contributed by atoms with E-state index in [-0.39, 0.29) is 0 Å². The fourth-order valence-electron chi connectivity index (χ4n) is 3.26. The molecule has 0 radical (unpaired) electrons. The van der Waals surface area contributed by atoms with E-state index in [2.05, 4.69) is 16.2 Å². The molecule has 2 aliphatic rings. The van der Waals surface area contributed by atoms with Crippen LogP contribution in [0.5, 0.6) is 5.75 Å². The number of nitrogens with zero attached hydrogens (tertiary/aromatic N) is 2. The molecule has 0 bridgehead atoms. The maximum absolute atomic E-state index is 10.4. The number of ether oxygens (including phenoxy) is 1. The Bertz CT molecular complexity index is 659. The zero-order valence-corrected chi connectivity index (χ0v) is 11.8. The van der Waals surface area contributed by atoms with E-state index in [0.29, 0.717) is 18.1 Å². The molecule has 1 aromatic carbocycles. The molecule has 0 unspecified atom stereocenters. The molecule has 2 heterocycles. The minimum Gasteiger partial charge on any atom is -0.493 e. The lowest BCUT2D eigenvalue weighted by atomic mass is 9.98. The highest BCUT2D eigenvalue weighted by molar-refractivity contribution is 5.59. The summed E-state index contributed by atoms with van der Waals surface area (Å²) in [6, 6.07) is 5.96. The summed E-state index contributed by atoms with van der Waals surface area (Å²) in [6.07, 6.45) is 5.16. The molecule has 1 saturated carbocycles. The first kappa shape index (κ1) is 12.8. The summed E-state index contributed by atoms with van der Waals surface area (Å²) in [4.78, 5) is 4.44. The van der Waals surface area contributed by atoms with Crippen LogP contribution in [0.15, 0.2) is 22.7 Å². The van der Waals surface area contributed by atoms with Crippen LogP contribution in [0.4, 0.5) is 0 Å². The molecule has 1 aromatic heterocycles. The number of benzene rings is 1. The summed E-state index contributed by atoms with van der Waals surface area (Å²) in [5.74, 6) is 2.05. The average molecular weight is 286 g/mol. The van der Waals surface area contributed by atoms with Gasteiger partial charge in [0.15, 0.2) is 0 Å². The van der Waals surface area contributed by atoms with Gasteiger partial charge < -0.3 is 14.4 Å². The number of rotatable bonds is 3. The van der Waals surface area contributed by atoms with Crippen molar-refractivity contribution in [2.75, 3.05) is 6.61 Å². The third-order valence-corrected chi connectivity index (χ3v) is 4.43. The smallest absolute Gasteiger partial charge is 0.229 e. The molecular formula is C16H18N2O3. The third-order valence-electron chi connectivity index (χ3n) is 4.43. The molecular weight excluding hydrogens is 268 g/mol. The van der Waals surface area contributed by atoms with Crippen molar-refractivity contribution in [3.63, 3.8) is 0 Å². The van der Waals surface area contributed by atoms with Crippen LogP contribution in [0.1, 0.15) is 37.1 Å². The summed E-state index contributed by atoms with van der Waals surface area (Å²) in [6.45, 7) is 0.739. The largest absolute Gasteiger partial charge is 0.493 e. The number of hydrogen-bond donors (Lipinski definition) is 1. The van der Waals surface area contributed by atoms with E-state index in [4.69, 9.17) is 9.26 Å². The zero-order chi connectivity index (χ0) is 14.3. The van der Waals surface area contributed by atoms with E-state index in [1.807, 2.05) is 12.1 Å². The summed E-state index contributed by atoms with van der Waals surface area (Å²) in [5.41, 5.74) is 1.47. The fraction of sp³-hybridized carbons (Fsp3) is 0.500. The van der Waals surface area contributed by atoms with Crippen molar-refractivity contribution in [3.8, 4) is 17.1 Å². The molecule has 5 heteroatoms. The zero-order valence-electron chi connectivity index (χ0n) is 11.8. The van der Waals surface area contributed by atoms with Crippen molar-refractivity contribution in [2.24, 2.45) is 0 Å². The van der Waals surface area contributed by atoms with Crippen molar-refractivity contribution in [1.82, 2.24) is 10.1 Å². The van der Waals surface area contributed by atoms with Gasteiger partial charge in [0, 0.05) is 12.0 Å². The molecule has 1 aliphatic heterocycles. The standard InChI is InChI=1S/C16H18N2O3/c19-16(6-1-2-7-16)10-14-17-15(18-21-14)12-3-4-13-11(9-12)5-8-20-13/h3-4,9,19H,1-2,5-8,10H2. The van der Waals surface area contributed by atoms with Crippen molar-refractivity contribution in [2.45, 2.75) is 44.1 Å². The lowest BCUT2D eigenvalue weighted by Gasteiger charge is -2.18. The second kappa shape index (κ2) is 4.84. The molecule has 21 heavy (non-hydrogen) atoms. The fourth-order valence-corrected chi connectivity index (χ4v) is 3.26. The molecule has 0 amide bonds. The average Bonchev–Trinajstić information content (AvgIpc) is 3.18. The van der Waals surface area contributed by atoms with Crippen LogP contribution >= 0.6 is 0 Å². The summed E-state index contributed by atoms with van der Waals surface area (Å²) < 4.78 is 10.8. The van der Waals surface area contributed by atoms with Gasteiger partial charge in [-0.3, -0.25) is 0 Å². The number of hydrogen-bond acceptors (Lipinski definition) is 5. The highest BCUT2D eigenvalue weighted by Crippen LogP contribution is 2.33. The maximum atomic E-state index is 10.4. The van der Waals surface area contributed by atoms with Gasteiger partial charge in [0.25, 0.3) is 0 Å². The number of aliphatic hydroxyl groups is 1. The van der Waals surface area contributed by atoms with Gasteiger partial charge in [-0.2, -0.15) is 4.98 Å². The summed E-state index contributed by atoms with van der Waals surface area (Å²) >= 11 is 0. The molecule has 1 aliphatic carbocycles. The molecule has 0 spiro atoms. The number of fused-ring (bicyclic) bond motifs is 1. The van der Waals surface area contributed by atoms with E-state index < -0.39 is 5.60 Å². The van der Waals surface area contributed by atoms with Gasteiger partial charge in [0.1, 0.15) is 5.75 Å². The first-order valence-electron chi connectivity index (χ1n) is 7.53. The van der Waals surface area contributed by atoms with Crippen LogP contribution in [-0.2, 0) is 12.8 Å². The lowest BCUT2D eigenvalue weighted by Crippen LogP contribution is -2.27. The Labute approximate surface area is 122 Å². The van der Waals surface area contributed by atoms with Crippen molar-refractivity contribution in [1.29, 1.82) is 0 Å². The SMILES string of the molecule is OC1(Cc2nc(-c3ccc4c(c3)CCO4)no2)CCCC1. The van der Waals surface area contributed by atoms with E-state index in [1.54, 1.807) is 0 Å². The second-order valence-corrected chi connectivity index (χ2v) is 6.04. The Morgan fingerprint density at radius 1 is 1.24 bits per heavy atom. The molecule has 0 atom stereocenters. The Balaban J connectivity index is 1.56. The van der Waals surface area contributed by atoms with Crippen LogP contribution < -0.4 is 4.74 Å². The van der Waals surface area contributed by atoms with Crippen LogP contribution in [0.2, 0.25) is 0 Å². The van der Waals surface area contributed by atoms with Gasteiger partial charge in [-0.15, -0.1) is 0 Å². The Morgan fingerprint density at radius 2 is 2.10 bits per heavy atom. The van der Waals surface area contributed by atoms with Crippen molar-refractivity contribution >= 4 is 0 Å². The highest BCUT2D eigenvalue weighted by Gasteiger charge is 2.33. The molecule has 4 rings (SSSR count). The summed E-state index contributed by atoms with van der Waals surface area (Å²) in [7, 11) is 0. The normalized spacial score (nSPS) is 19.5. The molecule has 110 valence electrons. The Hall–Kier alpha value is -1.88. The van der Waals surface area contributed by atoms with E-state index >= 15 is 0 Å². The first-order valence-corrected chi connectivity index (χ1v) is 7.53. The van der Waals surface area contributed by atoms with Crippen LogP contribution in [0.3, 0.4) is 0 Å². The lowest BCUT2D eigenvalue weighted by molar-refractivity contribution is 0.0402. The predicted octanol–water partition coefficient (Wildman–Crippen LogP) is 2.52. The predicted molar refractivity (Wildman–Crippen MR) is 76.1 cm³/mol. The minimum absolute atomic E-state index is 0.452. The molecule has 1 N–H and O–H groups in total. The quantitative estimate of drug-likeness (QED) is 0.939. The topological polar surface area (TPSA) is 68.4 Å². The van der Waals surface area contributed by atoms with Gasteiger partial charge in [-0.1, -0.05) is 18.0 Å². The van der Waals surface area contributed by atoms with Crippen LogP contribution in [-0.4, -0.2) is 27.5 Å². The Kier molecular flexibility index (Phi) is 2.96. The third kappa shape index (κ3) is 2.42. The molecule has 5 nitrogen and oxygen atoms in total. The van der Waals surface area contributed by atoms with Crippen LogP contribution in [0.25, 0.3) is 11.4 Å². The minimum atomic E-state index is -0.657. The molecule has 0 saturated heterocycles. The first-order chi connectivity index (χ1) is 10.2. The highest BCUT2D eigenvalue weighted by atomic mass is 16.5. The van der Waals surface area contributed by atoms with Gasteiger partial charge >= 0.3 is 0 Å². The van der Waals surface area contributed by atoms with E-state index in [1.165, 1.54) is 5.56 Å². The van der Waals surface area contributed by atoms with Gasteiger partial charge in [0.05, 0.1) is 18.6 Å². The van der Waals surface area contributed by atoms with Gasteiger partial charge in [-0.05, 0) is 36.6 Å². The molecule has 2 aromatic rings. The van der Waals surface area contributed by atoms with E-state index in [0.717, 1.165) is 50.0 Å². The Morgan fingerprint density at radius 3 is 2.95 bits per heavy atom. The molecule has 1 fully saturated rings. The van der Waals surface area contributed by atoms with Crippen molar-refractivity contribution < 1.29 is 14.4 Å². The second-order valence-electron chi connectivity index (χ2n) is 6.04.